The minimum absolute atomic E-state index is 0.0552. The molecule has 3 saturated heterocycles. The van der Waals surface area contributed by atoms with Crippen LogP contribution in [0.15, 0.2) is 48.5 Å². The molecule has 3 aliphatic heterocycles. The number of piperazine rings is 1. The van der Waals surface area contributed by atoms with Crippen LogP contribution in [0.4, 0.5) is 14.9 Å². The predicted octanol–water partition coefficient (Wildman–Crippen LogP) is 3.20. The molecule has 3 amide bonds. The molecular weight excluding hydrogens is 423 g/mol. The summed E-state index contributed by atoms with van der Waals surface area (Å²) in [5, 5.41) is 2.78. The molecule has 0 bridgehead atoms. The average molecular weight is 453 g/mol. The minimum atomic E-state index is -0.388. The first-order valence-corrected chi connectivity index (χ1v) is 11.5. The maximum atomic E-state index is 13.9. The van der Waals surface area contributed by atoms with E-state index in [2.05, 4.69) is 10.2 Å². The Labute approximate surface area is 193 Å². The van der Waals surface area contributed by atoms with Gasteiger partial charge in [0.2, 0.25) is 5.91 Å². The third kappa shape index (κ3) is 3.98. The first-order chi connectivity index (χ1) is 16.0. The molecule has 8 heteroatoms. The van der Waals surface area contributed by atoms with Crippen molar-refractivity contribution < 1.29 is 18.7 Å². The second-order valence-electron chi connectivity index (χ2n) is 9.05. The Balaban J connectivity index is 1.35. The zero-order valence-corrected chi connectivity index (χ0v) is 18.8. The molecule has 1 atom stereocenters. The normalized spacial score (nSPS) is 22.5. The molecule has 7 nitrogen and oxygen atoms in total. The van der Waals surface area contributed by atoms with Gasteiger partial charge in [0.15, 0.2) is 0 Å². The summed E-state index contributed by atoms with van der Waals surface area (Å²) < 4.78 is 19.5. The number of rotatable bonds is 3. The van der Waals surface area contributed by atoms with Crippen LogP contribution in [0.25, 0.3) is 0 Å². The van der Waals surface area contributed by atoms with Crippen LogP contribution in [0.1, 0.15) is 24.0 Å². The lowest BCUT2D eigenvalue weighted by molar-refractivity contribution is -0.137. The minimum Gasteiger partial charge on any atom is -0.381 e. The monoisotopic (exact) mass is 452 g/mol. The molecule has 1 N–H and O–H groups in total. The van der Waals surface area contributed by atoms with E-state index < -0.39 is 0 Å². The van der Waals surface area contributed by atoms with Crippen molar-refractivity contribution in [3.63, 3.8) is 0 Å². The molecule has 2 aromatic rings. The van der Waals surface area contributed by atoms with Gasteiger partial charge in [-0.15, -0.1) is 0 Å². The molecule has 3 fully saturated rings. The quantitative estimate of drug-likeness (QED) is 0.777. The maximum absolute atomic E-state index is 13.9. The van der Waals surface area contributed by atoms with Crippen molar-refractivity contribution in [2.75, 3.05) is 38.2 Å². The molecule has 0 unspecified atom stereocenters. The summed E-state index contributed by atoms with van der Waals surface area (Å²) in [4.78, 5) is 32.5. The average Bonchev–Trinajstić information content (AvgIpc) is 3.05. The lowest BCUT2D eigenvalue weighted by Crippen LogP contribution is -2.62. The second kappa shape index (κ2) is 8.76. The van der Waals surface area contributed by atoms with Crippen LogP contribution in [0.3, 0.4) is 0 Å². The van der Waals surface area contributed by atoms with E-state index in [-0.39, 0.29) is 29.5 Å². The molecule has 174 valence electrons. The fourth-order valence-electron chi connectivity index (χ4n) is 5.34. The Bertz CT molecular complexity index is 1040. The standard InChI is InChI=1S/C25H29FN4O3/c1-18-7-8-20(15-21(18)26)27-24(32)28-11-12-29-22(17-28)23(31)30(16-19-5-3-2-4-6-19)25(29)9-13-33-14-10-25/h2-8,15,22H,9-14,16-17H2,1H3,(H,27,32)/t22-/m1/s1. The number of halogens is 1. The highest BCUT2D eigenvalue weighted by Gasteiger charge is 2.58. The summed E-state index contributed by atoms with van der Waals surface area (Å²) in [6, 6.07) is 14.0. The van der Waals surface area contributed by atoms with Crippen LogP contribution >= 0.6 is 0 Å². The fraction of sp³-hybridized carbons (Fsp3) is 0.440. The number of aryl methyl sites for hydroxylation is 1. The highest BCUT2D eigenvalue weighted by Crippen LogP contribution is 2.42. The number of hydrogen-bond acceptors (Lipinski definition) is 4. The highest BCUT2D eigenvalue weighted by atomic mass is 19.1. The van der Waals surface area contributed by atoms with Gasteiger partial charge in [-0.2, -0.15) is 0 Å². The molecular formula is C25H29FN4O3. The molecule has 0 saturated carbocycles. The van der Waals surface area contributed by atoms with Gasteiger partial charge >= 0.3 is 6.03 Å². The Morgan fingerprint density at radius 1 is 1.15 bits per heavy atom. The van der Waals surface area contributed by atoms with Crippen LogP contribution in [0, 0.1) is 12.7 Å². The molecule has 5 rings (SSSR count). The first kappa shape index (κ1) is 21.9. The van der Waals surface area contributed by atoms with Gasteiger partial charge in [-0.05, 0) is 30.2 Å². The number of nitrogens with one attached hydrogen (secondary N) is 1. The Morgan fingerprint density at radius 3 is 2.64 bits per heavy atom. The smallest absolute Gasteiger partial charge is 0.321 e. The number of amides is 3. The van der Waals surface area contributed by atoms with Crippen molar-refractivity contribution in [1.29, 1.82) is 0 Å². The van der Waals surface area contributed by atoms with Crippen LogP contribution < -0.4 is 5.32 Å². The van der Waals surface area contributed by atoms with E-state index in [9.17, 15) is 14.0 Å². The van der Waals surface area contributed by atoms with Crippen LogP contribution in [-0.2, 0) is 16.1 Å². The molecule has 0 aromatic heterocycles. The number of nitrogens with zero attached hydrogens (tertiary/aromatic N) is 3. The van der Waals surface area contributed by atoms with Gasteiger partial charge in [0, 0.05) is 44.7 Å². The van der Waals surface area contributed by atoms with Crippen molar-refractivity contribution in [2.24, 2.45) is 0 Å². The summed E-state index contributed by atoms with van der Waals surface area (Å²) in [6.45, 7) is 4.88. The Kier molecular flexibility index (Phi) is 5.80. The largest absolute Gasteiger partial charge is 0.381 e. The third-order valence-corrected chi connectivity index (χ3v) is 7.16. The van der Waals surface area contributed by atoms with Crippen molar-refractivity contribution in [1.82, 2.24) is 14.7 Å². The molecule has 0 radical (unpaired) electrons. The summed E-state index contributed by atoms with van der Waals surface area (Å²) in [5.74, 6) is -0.304. The summed E-state index contributed by atoms with van der Waals surface area (Å²) in [6.07, 6.45) is 1.52. The van der Waals surface area contributed by atoms with Crippen LogP contribution in [-0.4, -0.2) is 71.2 Å². The fourth-order valence-corrected chi connectivity index (χ4v) is 5.34. The van der Waals surface area contributed by atoms with Gasteiger partial charge in [-0.25, -0.2) is 9.18 Å². The van der Waals surface area contributed by atoms with Gasteiger partial charge in [0.05, 0.1) is 13.2 Å². The van der Waals surface area contributed by atoms with Crippen molar-refractivity contribution in [3.05, 3.63) is 65.5 Å². The first-order valence-electron chi connectivity index (χ1n) is 11.5. The SMILES string of the molecule is Cc1ccc(NC(=O)N2CCN3[C@H](C2)C(=O)N(Cc2ccccc2)C32CCOCC2)cc1F. The molecule has 2 aromatic carbocycles. The van der Waals surface area contributed by atoms with E-state index in [4.69, 9.17) is 4.74 Å². The molecule has 3 heterocycles. The van der Waals surface area contributed by atoms with E-state index in [0.29, 0.717) is 50.6 Å². The van der Waals surface area contributed by atoms with Crippen LogP contribution in [0.2, 0.25) is 0 Å². The number of urea groups is 1. The van der Waals surface area contributed by atoms with Gasteiger partial charge in [0.25, 0.3) is 0 Å². The lowest BCUT2D eigenvalue weighted by Gasteiger charge is -2.49. The van der Waals surface area contributed by atoms with E-state index >= 15 is 0 Å². The number of benzene rings is 2. The lowest BCUT2D eigenvalue weighted by atomic mass is 9.96. The molecule has 0 aliphatic carbocycles. The Hall–Kier alpha value is -2.97. The van der Waals surface area contributed by atoms with Crippen molar-refractivity contribution in [3.8, 4) is 0 Å². The summed E-state index contributed by atoms with van der Waals surface area (Å²) >= 11 is 0. The number of fused-ring (bicyclic) bond motifs is 2. The number of carbonyl (C=O) groups excluding carboxylic acids is 2. The summed E-state index contributed by atoms with van der Waals surface area (Å²) in [7, 11) is 0. The number of anilines is 1. The van der Waals surface area contributed by atoms with E-state index in [1.165, 1.54) is 6.07 Å². The van der Waals surface area contributed by atoms with E-state index in [1.54, 1.807) is 24.0 Å². The van der Waals surface area contributed by atoms with E-state index in [1.807, 2.05) is 35.2 Å². The highest BCUT2D eigenvalue weighted by molar-refractivity contribution is 5.91. The molecule has 3 aliphatic rings. The number of hydrogen-bond donors (Lipinski definition) is 1. The van der Waals surface area contributed by atoms with Crippen molar-refractivity contribution >= 4 is 17.6 Å². The maximum Gasteiger partial charge on any atom is 0.321 e. The van der Waals surface area contributed by atoms with Gasteiger partial charge in [-0.3, -0.25) is 9.69 Å². The Morgan fingerprint density at radius 2 is 1.91 bits per heavy atom. The topological polar surface area (TPSA) is 65.1 Å². The zero-order valence-electron chi connectivity index (χ0n) is 18.8. The van der Waals surface area contributed by atoms with Crippen LogP contribution in [0.5, 0.6) is 0 Å². The predicted molar refractivity (Wildman–Crippen MR) is 122 cm³/mol. The molecule has 33 heavy (non-hydrogen) atoms. The zero-order chi connectivity index (χ0) is 23.0. The van der Waals surface area contributed by atoms with Crippen molar-refractivity contribution in [2.45, 2.75) is 38.0 Å². The summed E-state index contributed by atoms with van der Waals surface area (Å²) in [5.41, 5.74) is 1.65. The van der Waals surface area contributed by atoms with Gasteiger partial charge in [-0.1, -0.05) is 36.4 Å². The van der Waals surface area contributed by atoms with Gasteiger partial charge in [0.1, 0.15) is 17.5 Å². The second-order valence-corrected chi connectivity index (χ2v) is 9.05. The number of ether oxygens (including phenoxy) is 1. The third-order valence-electron chi connectivity index (χ3n) is 7.16. The number of carbonyl (C=O) groups is 2. The molecule has 1 spiro atoms. The van der Waals surface area contributed by atoms with E-state index in [0.717, 1.165) is 18.4 Å². The van der Waals surface area contributed by atoms with Gasteiger partial charge < -0.3 is 19.9 Å².